The largest absolute Gasteiger partial charge is 0.384 e. The minimum atomic E-state index is 0.523. The highest BCUT2D eigenvalue weighted by Crippen LogP contribution is 2.04. The monoisotopic (exact) mass is 189 g/mol. The number of aliphatic imine (C=N–C) groups is 1. The average molecular weight is 189 g/mol. The Morgan fingerprint density at radius 2 is 2.14 bits per heavy atom. The van der Waals surface area contributed by atoms with Gasteiger partial charge in [-0.3, -0.25) is 4.99 Å². The first-order valence-corrected chi connectivity index (χ1v) is 4.54. The fourth-order valence-electron chi connectivity index (χ4n) is 1.04. The Balaban J connectivity index is 3.00. The molecule has 1 rings (SSSR count). The summed E-state index contributed by atoms with van der Waals surface area (Å²) in [5.74, 6) is 0.523. The van der Waals surface area contributed by atoms with Crippen molar-refractivity contribution in [1.82, 2.24) is 4.98 Å². The molecule has 2 N–H and O–H groups in total. The third-order valence-electron chi connectivity index (χ3n) is 1.90. The third-order valence-corrected chi connectivity index (χ3v) is 1.90. The summed E-state index contributed by atoms with van der Waals surface area (Å²) < 4.78 is 0. The molecule has 0 aromatic carbocycles. The van der Waals surface area contributed by atoms with E-state index in [-0.39, 0.29) is 0 Å². The molecule has 14 heavy (non-hydrogen) atoms. The number of nitrogens with two attached hydrogens (primary N) is 1. The van der Waals surface area contributed by atoms with Gasteiger partial charge in [-0.2, -0.15) is 0 Å². The van der Waals surface area contributed by atoms with Gasteiger partial charge in [0.05, 0.1) is 11.4 Å². The van der Waals surface area contributed by atoms with Gasteiger partial charge in [0.1, 0.15) is 5.82 Å². The van der Waals surface area contributed by atoms with Gasteiger partial charge in [-0.15, -0.1) is 0 Å². The van der Waals surface area contributed by atoms with Gasteiger partial charge in [0.15, 0.2) is 0 Å². The molecular weight excluding hydrogens is 174 g/mol. The predicted molar refractivity (Wildman–Crippen MR) is 60.3 cm³/mol. The Labute approximate surface area is 84.4 Å². The van der Waals surface area contributed by atoms with Crippen LogP contribution in [0, 0.1) is 0 Å². The van der Waals surface area contributed by atoms with Crippen LogP contribution in [0.3, 0.4) is 0 Å². The Kier molecular flexibility index (Phi) is 3.40. The van der Waals surface area contributed by atoms with Crippen molar-refractivity contribution in [2.24, 2.45) is 4.99 Å². The summed E-state index contributed by atoms with van der Waals surface area (Å²) in [7, 11) is 0. The molecule has 0 fully saturated rings. The highest BCUT2D eigenvalue weighted by Gasteiger charge is 1.98. The maximum Gasteiger partial charge on any atom is 0.124 e. The van der Waals surface area contributed by atoms with Crippen molar-refractivity contribution in [2.45, 2.75) is 20.8 Å². The quantitative estimate of drug-likeness (QED) is 0.726. The van der Waals surface area contributed by atoms with Crippen molar-refractivity contribution in [1.29, 1.82) is 0 Å². The molecule has 0 amide bonds. The van der Waals surface area contributed by atoms with Gasteiger partial charge >= 0.3 is 0 Å². The second-order valence-corrected chi connectivity index (χ2v) is 3.07. The van der Waals surface area contributed by atoms with E-state index in [4.69, 9.17) is 5.73 Å². The molecule has 0 saturated carbocycles. The first kappa shape index (κ1) is 10.4. The molecule has 3 heteroatoms. The van der Waals surface area contributed by atoms with Gasteiger partial charge in [0.2, 0.25) is 0 Å². The SMILES string of the molecule is C/C=C(C)\N=C(/C)c1cccc(N)n1. The van der Waals surface area contributed by atoms with Gasteiger partial charge in [-0.25, -0.2) is 4.98 Å². The molecule has 1 aromatic rings. The number of rotatable bonds is 2. The van der Waals surface area contributed by atoms with Crippen LogP contribution in [0.1, 0.15) is 26.5 Å². The second-order valence-electron chi connectivity index (χ2n) is 3.07. The number of anilines is 1. The van der Waals surface area contributed by atoms with Crippen LogP contribution >= 0.6 is 0 Å². The molecule has 0 aliphatic rings. The van der Waals surface area contributed by atoms with Crippen molar-refractivity contribution >= 4 is 11.5 Å². The number of nitrogens with zero attached hydrogens (tertiary/aromatic N) is 2. The van der Waals surface area contributed by atoms with E-state index in [1.807, 2.05) is 39.0 Å². The normalized spacial score (nSPS) is 13.1. The minimum Gasteiger partial charge on any atom is -0.384 e. The summed E-state index contributed by atoms with van der Waals surface area (Å²) in [5.41, 5.74) is 8.26. The number of hydrogen-bond acceptors (Lipinski definition) is 3. The molecule has 3 nitrogen and oxygen atoms in total. The molecule has 74 valence electrons. The zero-order valence-corrected chi connectivity index (χ0v) is 8.78. The highest BCUT2D eigenvalue weighted by atomic mass is 14.9. The Morgan fingerprint density at radius 3 is 2.71 bits per heavy atom. The molecule has 0 atom stereocenters. The van der Waals surface area contributed by atoms with E-state index in [2.05, 4.69) is 9.98 Å². The van der Waals surface area contributed by atoms with Crippen molar-refractivity contribution in [2.75, 3.05) is 5.73 Å². The number of hydrogen-bond donors (Lipinski definition) is 1. The fourth-order valence-corrected chi connectivity index (χ4v) is 1.04. The van der Waals surface area contributed by atoms with Crippen LogP contribution in [0.25, 0.3) is 0 Å². The van der Waals surface area contributed by atoms with Crippen molar-refractivity contribution in [3.63, 3.8) is 0 Å². The lowest BCUT2D eigenvalue weighted by Crippen LogP contribution is -2.01. The molecule has 0 aliphatic carbocycles. The molecule has 0 aliphatic heterocycles. The molecule has 0 unspecified atom stereocenters. The summed E-state index contributed by atoms with van der Waals surface area (Å²) >= 11 is 0. The predicted octanol–water partition coefficient (Wildman–Crippen LogP) is 2.40. The molecule has 0 saturated heterocycles. The van der Waals surface area contributed by atoms with E-state index in [0.717, 1.165) is 17.1 Å². The van der Waals surface area contributed by atoms with Crippen LogP contribution < -0.4 is 5.73 Å². The highest BCUT2D eigenvalue weighted by molar-refractivity contribution is 5.97. The lowest BCUT2D eigenvalue weighted by atomic mass is 10.2. The lowest BCUT2D eigenvalue weighted by molar-refractivity contribution is 1.24. The third kappa shape index (κ3) is 2.69. The van der Waals surface area contributed by atoms with Gasteiger partial charge in [0, 0.05) is 5.70 Å². The Bertz CT molecular complexity index is 378. The van der Waals surface area contributed by atoms with E-state index in [1.165, 1.54) is 0 Å². The van der Waals surface area contributed by atoms with Gasteiger partial charge in [-0.1, -0.05) is 12.1 Å². The first-order chi connectivity index (χ1) is 6.63. The number of aromatic nitrogens is 1. The van der Waals surface area contributed by atoms with E-state index < -0.39 is 0 Å². The second kappa shape index (κ2) is 4.56. The number of nitrogen functional groups attached to an aromatic ring is 1. The smallest absolute Gasteiger partial charge is 0.124 e. The Hall–Kier alpha value is -1.64. The zero-order chi connectivity index (χ0) is 10.6. The summed E-state index contributed by atoms with van der Waals surface area (Å²) in [5, 5.41) is 0. The number of allylic oxidation sites excluding steroid dienone is 2. The van der Waals surface area contributed by atoms with Crippen LogP contribution in [0.2, 0.25) is 0 Å². The van der Waals surface area contributed by atoms with Gasteiger partial charge in [0.25, 0.3) is 0 Å². The topological polar surface area (TPSA) is 51.3 Å². The standard InChI is InChI=1S/C11H15N3/c1-4-8(2)13-9(3)10-6-5-7-11(12)14-10/h4-7H,1-3H3,(H2,12,14)/b8-4-,13-9+. The molecule has 0 spiro atoms. The summed E-state index contributed by atoms with van der Waals surface area (Å²) in [6, 6.07) is 5.54. The molecular formula is C11H15N3. The zero-order valence-electron chi connectivity index (χ0n) is 8.78. The van der Waals surface area contributed by atoms with E-state index in [0.29, 0.717) is 5.82 Å². The van der Waals surface area contributed by atoms with E-state index in [1.54, 1.807) is 6.07 Å². The van der Waals surface area contributed by atoms with Gasteiger partial charge in [-0.05, 0) is 32.9 Å². The molecule has 0 bridgehead atoms. The maximum absolute atomic E-state index is 5.58. The summed E-state index contributed by atoms with van der Waals surface area (Å²) in [6.07, 6.45) is 1.95. The fraction of sp³-hybridized carbons (Fsp3) is 0.273. The first-order valence-electron chi connectivity index (χ1n) is 4.54. The van der Waals surface area contributed by atoms with Crippen LogP contribution in [-0.4, -0.2) is 10.7 Å². The van der Waals surface area contributed by atoms with Crippen molar-refractivity contribution in [3.8, 4) is 0 Å². The maximum atomic E-state index is 5.58. The number of pyridine rings is 1. The molecule has 1 aromatic heterocycles. The average Bonchev–Trinajstić information content (AvgIpc) is 2.17. The van der Waals surface area contributed by atoms with E-state index >= 15 is 0 Å². The van der Waals surface area contributed by atoms with Crippen molar-refractivity contribution < 1.29 is 0 Å². The van der Waals surface area contributed by atoms with Crippen LogP contribution in [0.4, 0.5) is 5.82 Å². The van der Waals surface area contributed by atoms with Gasteiger partial charge < -0.3 is 5.73 Å². The Morgan fingerprint density at radius 1 is 1.43 bits per heavy atom. The van der Waals surface area contributed by atoms with Crippen LogP contribution in [0.5, 0.6) is 0 Å². The van der Waals surface area contributed by atoms with Crippen LogP contribution in [-0.2, 0) is 0 Å². The lowest BCUT2D eigenvalue weighted by Gasteiger charge is -2.00. The summed E-state index contributed by atoms with van der Waals surface area (Å²) in [6.45, 7) is 5.84. The minimum absolute atomic E-state index is 0.523. The molecule has 1 heterocycles. The van der Waals surface area contributed by atoms with Crippen molar-refractivity contribution in [3.05, 3.63) is 35.7 Å². The molecule has 0 radical (unpaired) electrons. The van der Waals surface area contributed by atoms with Crippen LogP contribution in [0.15, 0.2) is 35.0 Å². The van der Waals surface area contributed by atoms with E-state index in [9.17, 15) is 0 Å². The summed E-state index contributed by atoms with van der Waals surface area (Å²) in [4.78, 5) is 8.55.